The summed E-state index contributed by atoms with van der Waals surface area (Å²) in [5.41, 5.74) is 1.07. The monoisotopic (exact) mass is 264 g/mol. The van der Waals surface area contributed by atoms with Crippen molar-refractivity contribution in [1.29, 1.82) is 0 Å². The molecular weight excluding hydrogens is 244 g/mol. The molecule has 0 aliphatic carbocycles. The molecule has 2 N–H and O–H groups in total. The minimum atomic E-state index is -0.182. The van der Waals surface area contributed by atoms with E-state index in [1.165, 1.54) is 0 Å². The van der Waals surface area contributed by atoms with Gasteiger partial charge in [0.25, 0.3) is 0 Å². The van der Waals surface area contributed by atoms with E-state index < -0.39 is 0 Å². The second-order valence-corrected chi connectivity index (χ2v) is 3.84. The first-order valence-electron chi connectivity index (χ1n) is 6.07. The minimum absolute atomic E-state index is 0.182. The maximum absolute atomic E-state index is 11.0. The molecule has 0 aromatic heterocycles. The number of benzene rings is 1. The molecule has 1 aromatic carbocycles. The number of methoxy groups -OCH3 is 1. The van der Waals surface area contributed by atoms with Crippen molar-refractivity contribution in [2.75, 3.05) is 27.3 Å². The Kier molecular flexibility index (Phi) is 6.29. The molecule has 19 heavy (non-hydrogen) atoms. The van der Waals surface area contributed by atoms with Crippen LogP contribution >= 0.6 is 0 Å². The van der Waals surface area contributed by atoms with Gasteiger partial charge in [0.05, 0.1) is 7.11 Å². The van der Waals surface area contributed by atoms with Crippen molar-refractivity contribution in [2.45, 2.75) is 6.42 Å². The van der Waals surface area contributed by atoms with Crippen LogP contribution in [0.15, 0.2) is 30.9 Å². The lowest BCUT2D eigenvalue weighted by Gasteiger charge is -2.11. The van der Waals surface area contributed by atoms with Crippen molar-refractivity contribution in [3.05, 3.63) is 36.4 Å². The molecule has 5 heteroatoms. The Morgan fingerprint density at radius 1 is 1.42 bits per heavy atom. The summed E-state index contributed by atoms with van der Waals surface area (Å²) in [6.07, 6.45) is 2.41. The van der Waals surface area contributed by atoms with Crippen LogP contribution in [0.5, 0.6) is 11.5 Å². The summed E-state index contributed by atoms with van der Waals surface area (Å²) in [6, 6.07) is 5.53. The zero-order valence-corrected chi connectivity index (χ0v) is 11.4. The predicted octanol–water partition coefficient (Wildman–Crippen LogP) is 1.73. The Morgan fingerprint density at radius 2 is 2.21 bits per heavy atom. The van der Waals surface area contributed by atoms with E-state index in [4.69, 9.17) is 9.47 Å². The lowest BCUT2D eigenvalue weighted by atomic mass is 10.1. The predicted molar refractivity (Wildman–Crippen MR) is 74.8 cm³/mol. The Bertz CT molecular complexity index is 433. The first-order chi connectivity index (χ1) is 9.21. The van der Waals surface area contributed by atoms with Crippen molar-refractivity contribution in [2.24, 2.45) is 0 Å². The van der Waals surface area contributed by atoms with Crippen molar-refractivity contribution < 1.29 is 14.3 Å². The van der Waals surface area contributed by atoms with Crippen molar-refractivity contribution in [3.63, 3.8) is 0 Å². The molecule has 1 rings (SSSR count). The maximum atomic E-state index is 11.0. The van der Waals surface area contributed by atoms with Gasteiger partial charge in [-0.05, 0) is 24.1 Å². The van der Waals surface area contributed by atoms with Gasteiger partial charge in [-0.1, -0.05) is 18.7 Å². The van der Waals surface area contributed by atoms with Crippen LogP contribution < -0.4 is 20.1 Å². The van der Waals surface area contributed by atoms with Gasteiger partial charge in [-0.15, -0.1) is 0 Å². The number of amides is 2. The Balaban J connectivity index is 2.60. The molecule has 0 spiro atoms. The van der Waals surface area contributed by atoms with Crippen LogP contribution in [0.25, 0.3) is 0 Å². The van der Waals surface area contributed by atoms with Crippen LogP contribution in [0.1, 0.15) is 5.56 Å². The van der Waals surface area contributed by atoms with E-state index in [0.717, 1.165) is 12.0 Å². The van der Waals surface area contributed by atoms with Crippen LogP contribution in [-0.2, 0) is 6.42 Å². The quantitative estimate of drug-likeness (QED) is 0.737. The van der Waals surface area contributed by atoms with Gasteiger partial charge in [0, 0.05) is 13.6 Å². The lowest BCUT2D eigenvalue weighted by Crippen LogP contribution is -2.33. The third kappa shape index (κ3) is 4.91. The summed E-state index contributed by atoms with van der Waals surface area (Å²) < 4.78 is 10.7. The van der Waals surface area contributed by atoms with E-state index in [1.54, 1.807) is 20.2 Å². The number of ether oxygens (including phenoxy) is 2. The maximum Gasteiger partial charge on any atom is 0.314 e. The summed E-state index contributed by atoms with van der Waals surface area (Å²) in [7, 11) is 3.19. The fraction of sp³-hybridized carbons (Fsp3) is 0.357. The van der Waals surface area contributed by atoms with Gasteiger partial charge in [-0.2, -0.15) is 0 Å². The highest BCUT2D eigenvalue weighted by Gasteiger charge is 2.05. The SMILES string of the molecule is C=CCOc1ccc(CCNC(=O)NC)cc1OC. The van der Waals surface area contributed by atoms with E-state index in [9.17, 15) is 4.79 Å². The zero-order chi connectivity index (χ0) is 14.1. The van der Waals surface area contributed by atoms with E-state index in [1.807, 2.05) is 18.2 Å². The Hall–Kier alpha value is -2.17. The van der Waals surface area contributed by atoms with Gasteiger partial charge in [-0.25, -0.2) is 4.79 Å². The second-order valence-electron chi connectivity index (χ2n) is 3.84. The second kappa shape index (κ2) is 8.02. The van der Waals surface area contributed by atoms with Gasteiger partial charge in [0.15, 0.2) is 11.5 Å². The molecule has 0 aliphatic rings. The summed E-state index contributed by atoms with van der Waals surface area (Å²) in [6.45, 7) is 4.61. The van der Waals surface area contributed by atoms with Crippen LogP contribution in [0, 0.1) is 0 Å². The number of hydrogen-bond donors (Lipinski definition) is 2. The van der Waals surface area contributed by atoms with Gasteiger partial charge >= 0.3 is 6.03 Å². The Morgan fingerprint density at radius 3 is 2.84 bits per heavy atom. The third-order valence-corrected chi connectivity index (χ3v) is 2.51. The number of hydrogen-bond acceptors (Lipinski definition) is 3. The molecule has 0 bridgehead atoms. The Labute approximate surface area is 113 Å². The van der Waals surface area contributed by atoms with Crippen LogP contribution in [-0.4, -0.2) is 33.3 Å². The molecular formula is C14H20N2O3. The summed E-state index contributed by atoms with van der Waals surface area (Å²) >= 11 is 0. The smallest absolute Gasteiger partial charge is 0.314 e. The van der Waals surface area contributed by atoms with Gasteiger partial charge < -0.3 is 20.1 Å². The first kappa shape index (κ1) is 14.9. The number of urea groups is 1. The minimum Gasteiger partial charge on any atom is -0.493 e. The van der Waals surface area contributed by atoms with E-state index >= 15 is 0 Å². The summed E-state index contributed by atoms with van der Waals surface area (Å²) in [5, 5.41) is 5.23. The first-order valence-corrected chi connectivity index (χ1v) is 6.07. The summed E-state index contributed by atoms with van der Waals surface area (Å²) in [5.74, 6) is 1.37. The molecule has 1 aromatic rings. The topological polar surface area (TPSA) is 59.6 Å². The third-order valence-electron chi connectivity index (χ3n) is 2.51. The number of nitrogens with one attached hydrogen (secondary N) is 2. The molecule has 0 unspecified atom stereocenters. The highest BCUT2D eigenvalue weighted by atomic mass is 16.5. The fourth-order valence-corrected chi connectivity index (χ4v) is 1.54. The highest BCUT2D eigenvalue weighted by Crippen LogP contribution is 2.28. The molecule has 0 saturated heterocycles. The summed E-state index contributed by atoms with van der Waals surface area (Å²) in [4.78, 5) is 11.0. The highest BCUT2D eigenvalue weighted by molar-refractivity contribution is 5.73. The molecule has 0 radical (unpaired) electrons. The molecule has 0 aliphatic heterocycles. The van der Waals surface area contributed by atoms with Crippen LogP contribution in [0.4, 0.5) is 4.79 Å². The molecule has 0 heterocycles. The van der Waals surface area contributed by atoms with Gasteiger partial charge in [0.1, 0.15) is 6.61 Å². The standard InChI is InChI=1S/C14H20N2O3/c1-4-9-19-12-6-5-11(10-13(12)18-3)7-8-16-14(17)15-2/h4-6,10H,1,7-9H2,2-3H3,(H2,15,16,17). The fourth-order valence-electron chi connectivity index (χ4n) is 1.54. The zero-order valence-electron chi connectivity index (χ0n) is 11.4. The van der Waals surface area contributed by atoms with Crippen molar-refractivity contribution in [3.8, 4) is 11.5 Å². The van der Waals surface area contributed by atoms with Crippen LogP contribution in [0.3, 0.4) is 0 Å². The van der Waals surface area contributed by atoms with Gasteiger partial charge in [-0.3, -0.25) is 0 Å². The van der Waals surface area contributed by atoms with E-state index in [-0.39, 0.29) is 6.03 Å². The average Bonchev–Trinajstić information content (AvgIpc) is 2.45. The number of rotatable bonds is 7. The largest absolute Gasteiger partial charge is 0.493 e. The van der Waals surface area contributed by atoms with E-state index in [0.29, 0.717) is 24.7 Å². The average molecular weight is 264 g/mol. The number of carbonyl (C=O) groups is 1. The molecule has 2 amide bonds. The van der Waals surface area contributed by atoms with Crippen molar-refractivity contribution in [1.82, 2.24) is 10.6 Å². The van der Waals surface area contributed by atoms with E-state index in [2.05, 4.69) is 17.2 Å². The van der Waals surface area contributed by atoms with Gasteiger partial charge in [0.2, 0.25) is 0 Å². The van der Waals surface area contributed by atoms with Crippen LogP contribution in [0.2, 0.25) is 0 Å². The molecule has 5 nitrogen and oxygen atoms in total. The molecule has 0 saturated carbocycles. The molecule has 0 fully saturated rings. The lowest BCUT2D eigenvalue weighted by molar-refractivity contribution is 0.243. The normalized spacial score (nSPS) is 9.58. The number of carbonyl (C=O) groups excluding carboxylic acids is 1. The molecule has 0 atom stereocenters. The molecule has 104 valence electrons. The van der Waals surface area contributed by atoms with Crippen molar-refractivity contribution >= 4 is 6.03 Å².